The van der Waals surface area contributed by atoms with Crippen LogP contribution in [0.1, 0.15) is 18.2 Å². The lowest BCUT2D eigenvalue weighted by Gasteiger charge is -2.38. The Morgan fingerprint density at radius 2 is 2.13 bits per heavy atom. The second kappa shape index (κ2) is 6.16. The molecule has 124 valence electrons. The molecule has 0 unspecified atom stereocenters. The number of fused-ring (bicyclic) bond motifs is 1. The molecule has 0 atom stereocenters. The number of hydrogen-bond donors (Lipinski definition) is 0. The lowest BCUT2D eigenvalue weighted by Crippen LogP contribution is -2.56. The molecule has 1 aliphatic heterocycles. The van der Waals surface area contributed by atoms with Crippen molar-refractivity contribution in [2.75, 3.05) is 26.3 Å². The third-order valence-electron chi connectivity index (χ3n) is 4.02. The summed E-state index contributed by atoms with van der Waals surface area (Å²) < 4.78 is 12.8. The van der Waals surface area contributed by atoms with Crippen LogP contribution in [0.5, 0.6) is 5.88 Å². The van der Waals surface area contributed by atoms with Gasteiger partial charge in [0.2, 0.25) is 5.88 Å². The molecule has 0 spiro atoms. The van der Waals surface area contributed by atoms with Gasteiger partial charge in [-0.15, -0.1) is 5.10 Å². The van der Waals surface area contributed by atoms with Crippen LogP contribution >= 0.6 is 0 Å². The summed E-state index contributed by atoms with van der Waals surface area (Å²) in [7, 11) is 1.82. The van der Waals surface area contributed by atoms with Crippen molar-refractivity contribution in [1.29, 1.82) is 0 Å². The maximum absolute atomic E-state index is 12.1. The maximum atomic E-state index is 12.1. The first-order valence-electron chi connectivity index (χ1n) is 7.82. The zero-order valence-corrected chi connectivity index (χ0v) is 14.0. The third kappa shape index (κ3) is 3.01. The zero-order valence-electron chi connectivity index (χ0n) is 14.0. The summed E-state index contributed by atoms with van der Waals surface area (Å²) in [5.74, 6) is 0.417. The fourth-order valence-corrected chi connectivity index (χ4v) is 2.85. The molecule has 2 aromatic rings. The highest BCUT2D eigenvalue weighted by Gasteiger charge is 2.31. The monoisotopic (exact) mass is 318 g/mol. The van der Waals surface area contributed by atoms with Crippen molar-refractivity contribution in [3.05, 3.63) is 17.3 Å². The van der Waals surface area contributed by atoms with Crippen LogP contribution in [0.2, 0.25) is 0 Å². The van der Waals surface area contributed by atoms with Crippen molar-refractivity contribution < 1.29 is 14.3 Å². The molecular weight excluding hydrogens is 296 g/mol. The van der Waals surface area contributed by atoms with E-state index < -0.39 is 0 Å². The average Bonchev–Trinajstić information content (AvgIpc) is 2.76. The van der Waals surface area contributed by atoms with Gasteiger partial charge in [0.15, 0.2) is 12.3 Å². The lowest BCUT2D eigenvalue weighted by molar-refractivity contribution is -0.146. The third-order valence-corrected chi connectivity index (χ3v) is 4.02. The van der Waals surface area contributed by atoms with Gasteiger partial charge in [0, 0.05) is 32.4 Å². The van der Waals surface area contributed by atoms with E-state index in [1.54, 1.807) is 9.58 Å². The minimum absolute atomic E-state index is 0.0156. The summed E-state index contributed by atoms with van der Waals surface area (Å²) in [6, 6.07) is 1.99. The quantitative estimate of drug-likeness (QED) is 0.829. The summed E-state index contributed by atoms with van der Waals surface area (Å²) in [5, 5.41) is 5.21. The van der Waals surface area contributed by atoms with Crippen LogP contribution in [0.4, 0.5) is 0 Å². The number of nitrogens with zero attached hydrogens (tertiary/aromatic N) is 4. The van der Waals surface area contributed by atoms with Gasteiger partial charge < -0.3 is 14.4 Å². The summed E-state index contributed by atoms with van der Waals surface area (Å²) in [6.07, 6.45) is 0.161. The molecule has 3 rings (SSSR count). The molecule has 0 saturated carbocycles. The molecule has 7 heteroatoms. The van der Waals surface area contributed by atoms with Gasteiger partial charge >= 0.3 is 0 Å². The first-order valence-corrected chi connectivity index (χ1v) is 7.82. The molecule has 0 bridgehead atoms. The molecule has 1 aliphatic rings. The molecule has 7 nitrogen and oxygen atoms in total. The van der Waals surface area contributed by atoms with Crippen molar-refractivity contribution in [2.45, 2.75) is 26.9 Å². The standard InChI is InChI=1S/C16H22N4O3/c1-5-22-12-7-20(8-12)13(21)9-23-16-14-10(2)6-11(3)17-15(14)19(4)18-16/h6,12H,5,7-9H2,1-4H3. The Hall–Kier alpha value is -2.15. The molecule has 0 aromatic carbocycles. The van der Waals surface area contributed by atoms with Gasteiger partial charge in [0.25, 0.3) is 5.91 Å². The minimum Gasteiger partial charge on any atom is -0.466 e. The molecule has 0 radical (unpaired) electrons. The number of carbonyl (C=O) groups is 1. The Morgan fingerprint density at radius 3 is 2.83 bits per heavy atom. The van der Waals surface area contributed by atoms with Crippen LogP contribution in [0.3, 0.4) is 0 Å². The van der Waals surface area contributed by atoms with Crippen molar-refractivity contribution in [2.24, 2.45) is 7.05 Å². The molecule has 1 fully saturated rings. The molecule has 1 saturated heterocycles. The molecule has 23 heavy (non-hydrogen) atoms. The van der Waals surface area contributed by atoms with Crippen LogP contribution in [-0.4, -0.2) is 58.0 Å². The van der Waals surface area contributed by atoms with Crippen LogP contribution < -0.4 is 4.74 Å². The number of aromatic nitrogens is 3. The highest BCUT2D eigenvalue weighted by molar-refractivity contribution is 5.86. The Bertz CT molecular complexity index is 734. The van der Waals surface area contributed by atoms with Crippen molar-refractivity contribution in [1.82, 2.24) is 19.7 Å². The molecule has 1 amide bonds. The van der Waals surface area contributed by atoms with E-state index in [1.807, 2.05) is 33.9 Å². The van der Waals surface area contributed by atoms with Crippen molar-refractivity contribution in [3.8, 4) is 5.88 Å². The van der Waals surface area contributed by atoms with E-state index >= 15 is 0 Å². The topological polar surface area (TPSA) is 69.5 Å². The average molecular weight is 318 g/mol. The van der Waals surface area contributed by atoms with Crippen molar-refractivity contribution in [3.63, 3.8) is 0 Å². The first-order chi connectivity index (χ1) is 11.0. The Labute approximate surface area is 135 Å². The SMILES string of the molecule is CCOC1CN(C(=O)COc2nn(C)c3nc(C)cc(C)c23)C1. The highest BCUT2D eigenvalue weighted by atomic mass is 16.5. The number of hydrogen-bond acceptors (Lipinski definition) is 5. The number of likely N-dealkylation sites (tertiary alicyclic amines) is 1. The van der Waals surface area contributed by atoms with Gasteiger partial charge in [-0.3, -0.25) is 4.79 Å². The van der Waals surface area contributed by atoms with Gasteiger partial charge in [0.05, 0.1) is 11.5 Å². The maximum Gasteiger partial charge on any atom is 0.260 e. The lowest BCUT2D eigenvalue weighted by atomic mass is 10.1. The normalized spacial score (nSPS) is 15.0. The minimum atomic E-state index is -0.0440. The summed E-state index contributed by atoms with van der Waals surface area (Å²) in [6.45, 7) is 7.83. The zero-order chi connectivity index (χ0) is 16.6. The second-order valence-corrected chi connectivity index (χ2v) is 5.87. The molecule has 3 heterocycles. The van der Waals surface area contributed by atoms with E-state index in [4.69, 9.17) is 9.47 Å². The van der Waals surface area contributed by atoms with Gasteiger partial charge in [0.1, 0.15) is 0 Å². The Morgan fingerprint density at radius 1 is 1.39 bits per heavy atom. The van der Waals surface area contributed by atoms with E-state index in [2.05, 4.69) is 10.1 Å². The van der Waals surface area contributed by atoms with E-state index in [-0.39, 0.29) is 18.6 Å². The van der Waals surface area contributed by atoms with E-state index in [0.717, 1.165) is 22.3 Å². The Balaban J connectivity index is 1.67. The van der Waals surface area contributed by atoms with Crippen LogP contribution in [0.15, 0.2) is 6.07 Å². The molecular formula is C16H22N4O3. The number of carbonyl (C=O) groups excluding carboxylic acids is 1. The fraction of sp³-hybridized carbons (Fsp3) is 0.562. The summed E-state index contributed by atoms with van der Waals surface area (Å²) in [4.78, 5) is 18.3. The first kappa shape index (κ1) is 15.7. The van der Waals surface area contributed by atoms with Gasteiger partial charge in [-0.1, -0.05) is 0 Å². The molecule has 2 aromatic heterocycles. The molecule has 0 N–H and O–H groups in total. The number of pyridine rings is 1. The number of rotatable bonds is 5. The second-order valence-electron chi connectivity index (χ2n) is 5.87. The number of amides is 1. The van der Waals surface area contributed by atoms with Gasteiger partial charge in [-0.05, 0) is 32.4 Å². The van der Waals surface area contributed by atoms with Gasteiger partial charge in [-0.25, -0.2) is 9.67 Å². The predicted molar refractivity (Wildman–Crippen MR) is 85.5 cm³/mol. The summed E-state index contributed by atoms with van der Waals surface area (Å²) >= 11 is 0. The van der Waals surface area contributed by atoms with Gasteiger partial charge in [-0.2, -0.15) is 0 Å². The van der Waals surface area contributed by atoms with Crippen molar-refractivity contribution >= 4 is 16.9 Å². The van der Waals surface area contributed by atoms with E-state index in [1.165, 1.54) is 0 Å². The van der Waals surface area contributed by atoms with Crippen LogP contribution in [-0.2, 0) is 16.6 Å². The largest absolute Gasteiger partial charge is 0.466 e. The number of aryl methyl sites for hydroxylation is 3. The Kier molecular flexibility index (Phi) is 4.21. The predicted octanol–water partition coefficient (Wildman–Crippen LogP) is 1.21. The summed E-state index contributed by atoms with van der Waals surface area (Å²) in [5.41, 5.74) is 2.75. The fourth-order valence-electron chi connectivity index (χ4n) is 2.85. The van der Waals surface area contributed by atoms with E-state index in [0.29, 0.717) is 25.6 Å². The molecule has 0 aliphatic carbocycles. The smallest absolute Gasteiger partial charge is 0.260 e. The van der Waals surface area contributed by atoms with E-state index in [9.17, 15) is 4.79 Å². The van der Waals surface area contributed by atoms with Crippen LogP contribution in [0.25, 0.3) is 11.0 Å². The van der Waals surface area contributed by atoms with Crippen LogP contribution in [0, 0.1) is 13.8 Å². The number of ether oxygens (including phenoxy) is 2. The highest BCUT2D eigenvalue weighted by Crippen LogP contribution is 2.27.